The second kappa shape index (κ2) is 4.45. The highest BCUT2D eigenvalue weighted by atomic mass is 16.3. The Morgan fingerprint density at radius 1 is 1.46 bits per heavy atom. The summed E-state index contributed by atoms with van der Waals surface area (Å²) in [4.78, 5) is 11.1. The minimum Gasteiger partial charge on any atom is -0.504 e. The molecule has 0 aromatic heterocycles. The Morgan fingerprint density at radius 2 is 2.23 bits per heavy atom. The summed E-state index contributed by atoms with van der Waals surface area (Å²) in [7, 11) is 0. The van der Waals surface area contributed by atoms with Crippen molar-refractivity contribution in [3.05, 3.63) is 46.1 Å². The van der Waals surface area contributed by atoms with Crippen LogP contribution in [-0.4, -0.2) is 5.11 Å². The molecule has 0 spiro atoms. The molecule has 0 aliphatic carbocycles. The highest BCUT2D eigenvalue weighted by molar-refractivity contribution is 5.48. The first-order valence-corrected chi connectivity index (χ1v) is 4.24. The monoisotopic (exact) mass is 176 g/mol. The fourth-order valence-electron chi connectivity index (χ4n) is 0.964. The summed E-state index contributed by atoms with van der Waals surface area (Å²) in [5, 5.41) is 9.09. The molecule has 0 radical (unpaired) electrons. The summed E-state index contributed by atoms with van der Waals surface area (Å²) in [6.07, 6.45) is 4.76. The van der Waals surface area contributed by atoms with E-state index in [9.17, 15) is 4.79 Å². The topological polar surface area (TPSA) is 37.3 Å². The predicted octanol–water partition coefficient (Wildman–Crippen LogP) is 2.18. The largest absolute Gasteiger partial charge is 0.504 e. The van der Waals surface area contributed by atoms with Gasteiger partial charge in [0, 0.05) is 0 Å². The van der Waals surface area contributed by atoms with E-state index in [1.165, 1.54) is 12.1 Å². The van der Waals surface area contributed by atoms with Crippen LogP contribution in [-0.2, 0) is 0 Å². The fourth-order valence-corrected chi connectivity index (χ4v) is 0.964. The third kappa shape index (κ3) is 2.75. The molecule has 0 saturated carbocycles. The Bertz CT molecular complexity index is 367. The normalized spacial score (nSPS) is 10.5. The Hall–Kier alpha value is -1.57. The van der Waals surface area contributed by atoms with Crippen molar-refractivity contribution in [3.8, 4) is 5.75 Å². The number of allylic oxidation sites excluding steroid dienone is 1. The van der Waals surface area contributed by atoms with Crippen LogP contribution in [0.5, 0.6) is 5.75 Å². The summed E-state index contributed by atoms with van der Waals surface area (Å²) in [6.45, 7) is 2.02. The minimum atomic E-state index is -0.347. The van der Waals surface area contributed by atoms with Crippen LogP contribution < -0.4 is 5.43 Å². The van der Waals surface area contributed by atoms with E-state index in [2.05, 4.69) is 0 Å². The molecule has 0 saturated heterocycles. The lowest BCUT2D eigenvalue weighted by Crippen LogP contribution is -1.93. The van der Waals surface area contributed by atoms with E-state index >= 15 is 0 Å². The Labute approximate surface area is 77.2 Å². The van der Waals surface area contributed by atoms with Gasteiger partial charge in [0.1, 0.15) is 0 Å². The van der Waals surface area contributed by atoms with Crippen LogP contribution in [0.15, 0.2) is 35.1 Å². The summed E-state index contributed by atoms with van der Waals surface area (Å²) in [5.74, 6) is -0.212. The molecule has 68 valence electrons. The molecule has 13 heavy (non-hydrogen) atoms. The zero-order valence-electron chi connectivity index (χ0n) is 7.53. The molecule has 0 heterocycles. The molecule has 0 amide bonds. The molecule has 2 heteroatoms. The van der Waals surface area contributed by atoms with Gasteiger partial charge in [-0.2, -0.15) is 0 Å². The van der Waals surface area contributed by atoms with Gasteiger partial charge in [-0.05, 0) is 24.1 Å². The Morgan fingerprint density at radius 3 is 2.92 bits per heavy atom. The second-order valence-electron chi connectivity index (χ2n) is 2.73. The molecule has 2 nitrogen and oxygen atoms in total. The minimum absolute atomic E-state index is 0.212. The van der Waals surface area contributed by atoms with Gasteiger partial charge < -0.3 is 5.11 Å². The van der Waals surface area contributed by atoms with Gasteiger partial charge >= 0.3 is 0 Å². The van der Waals surface area contributed by atoms with Gasteiger partial charge in [0.15, 0.2) is 5.75 Å². The van der Waals surface area contributed by atoms with Crippen LogP contribution in [0.25, 0.3) is 6.08 Å². The van der Waals surface area contributed by atoms with Crippen molar-refractivity contribution in [2.24, 2.45) is 0 Å². The lowest BCUT2D eigenvalue weighted by Gasteiger charge is -1.83. The van der Waals surface area contributed by atoms with E-state index in [1.54, 1.807) is 12.1 Å². The number of hydrogen-bond donors (Lipinski definition) is 1. The van der Waals surface area contributed by atoms with Crippen molar-refractivity contribution in [3.63, 3.8) is 0 Å². The van der Waals surface area contributed by atoms with Gasteiger partial charge in [-0.1, -0.05) is 31.2 Å². The molecule has 0 aliphatic rings. The molecule has 1 aromatic carbocycles. The average Bonchev–Trinajstić information content (AvgIpc) is 2.26. The van der Waals surface area contributed by atoms with Crippen LogP contribution in [0.1, 0.15) is 18.9 Å². The number of rotatable bonds is 2. The van der Waals surface area contributed by atoms with Gasteiger partial charge in [-0.15, -0.1) is 0 Å². The van der Waals surface area contributed by atoms with Crippen molar-refractivity contribution < 1.29 is 5.11 Å². The third-order valence-corrected chi connectivity index (χ3v) is 1.64. The Kier molecular flexibility index (Phi) is 3.26. The molecule has 0 aliphatic heterocycles. The highest BCUT2D eigenvalue weighted by Crippen LogP contribution is 2.02. The molecule has 1 N–H and O–H groups in total. The van der Waals surface area contributed by atoms with Gasteiger partial charge in [0.2, 0.25) is 5.43 Å². The fraction of sp³-hybridized carbons (Fsp3) is 0.182. The zero-order chi connectivity index (χ0) is 9.68. The summed E-state index contributed by atoms with van der Waals surface area (Å²) in [5.41, 5.74) is 0.466. The van der Waals surface area contributed by atoms with Crippen LogP contribution in [0.2, 0.25) is 0 Å². The third-order valence-electron chi connectivity index (χ3n) is 1.64. The summed E-state index contributed by atoms with van der Waals surface area (Å²) >= 11 is 0. The van der Waals surface area contributed by atoms with Crippen LogP contribution in [0.3, 0.4) is 0 Å². The molecular formula is C11H12O2. The van der Waals surface area contributed by atoms with Gasteiger partial charge in [-0.25, -0.2) is 0 Å². The van der Waals surface area contributed by atoms with Crippen LogP contribution >= 0.6 is 0 Å². The van der Waals surface area contributed by atoms with Crippen molar-refractivity contribution in [1.82, 2.24) is 0 Å². The smallest absolute Gasteiger partial charge is 0.220 e. The van der Waals surface area contributed by atoms with Gasteiger partial charge in [0.25, 0.3) is 0 Å². The SMILES string of the molecule is CC/C=C/c1cccc(O)c(=O)c1. The van der Waals surface area contributed by atoms with Crippen molar-refractivity contribution in [2.45, 2.75) is 13.3 Å². The second-order valence-corrected chi connectivity index (χ2v) is 2.73. The number of hydrogen-bond acceptors (Lipinski definition) is 2. The lowest BCUT2D eigenvalue weighted by molar-refractivity contribution is 0.471. The quantitative estimate of drug-likeness (QED) is 0.749. The molecule has 1 aromatic rings. The molecule has 0 fully saturated rings. The van der Waals surface area contributed by atoms with Gasteiger partial charge in [-0.3, -0.25) is 4.79 Å². The summed E-state index contributed by atoms with van der Waals surface area (Å²) < 4.78 is 0. The first-order chi connectivity index (χ1) is 6.24. The molecule has 0 atom stereocenters. The van der Waals surface area contributed by atoms with E-state index in [1.807, 2.05) is 19.1 Å². The first kappa shape index (κ1) is 9.52. The van der Waals surface area contributed by atoms with Gasteiger partial charge in [0.05, 0.1) is 0 Å². The van der Waals surface area contributed by atoms with E-state index in [4.69, 9.17) is 5.11 Å². The van der Waals surface area contributed by atoms with Crippen molar-refractivity contribution >= 4 is 6.08 Å². The maximum atomic E-state index is 11.1. The van der Waals surface area contributed by atoms with Crippen molar-refractivity contribution in [1.29, 1.82) is 0 Å². The molecular weight excluding hydrogens is 164 g/mol. The number of aromatic hydroxyl groups is 1. The van der Waals surface area contributed by atoms with E-state index < -0.39 is 0 Å². The van der Waals surface area contributed by atoms with Crippen LogP contribution in [0.4, 0.5) is 0 Å². The summed E-state index contributed by atoms with van der Waals surface area (Å²) in [6, 6.07) is 6.26. The predicted molar refractivity (Wildman–Crippen MR) is 53.7 cm³/mol. The lowest BCUT2D eigenvalue weighted by atomic mass is 10.2. The molecule has 0 bridgehead atoms. The van der Waals surface area contributed by atoms with Crippen LogP contribution in [0, 0.1) is 0 Å². The zero-order valence-corrected chi connectivity index (χ0v) is 7.53. The van der Waals surface area contributed by atoms with E-state index in [-0.39, 0.29) is 11.2 Å². The Balaban J connectivity index is 3.14. The average molecular weight is 176 g/mol. The standard InChI is InChI=1S/C11H12O2/c1-2-3-5-9-6-4-7-10(12)11(13)8-9/h3-8H,2H2,1H3,(H,12,13)/b5-3+. The van der Waals surface area contributed by atoms with Crippen molar-refractivity contribution in [2.75, 3.05) is 0 Å². The maximum Gasteiger partial charge on any atom is 0.220 e. The molecule has 1 rings (SSSR count). The maximum absolute atomic E-state index is 11.1. The first-order valence-electron chi connectivity index (χ1n) is 4.24. The van der Waals surface area contributed by atoms with E-state index in [0.717, 1.165) is 12.0 Å². The highest BCUT2D eigenvalue weighted by Gasteiger charge is 1.92. The van der Waals surface area contributed by atoms with E-state index in [0.29, 0.717) is 0 Å². The molecule has 0 unspecified atom stereocenters.